The van der Waals surface area contributed by atoms with Gasteiger partial charge in [-0.25, -0.2) is 0 Å². The molecule has 0 amide bonds. The van der Waals surface area contributed by atoms with Crippen molar-refractivity contribution in [3.8, 4) is 0 Å². The van der Waals surface area contributed by atoms with E-state index in [0.717, 1.165) is 11.2 Å². The Morgan fingerprint density at radius 3 is 1.53 bits per heavy atom. The predicted molar refractivity (Wildman–Crippen MR) is 258 cm³/mol. The summed E-state index contributed by atoms with van der Waals surface area (Å²) in [7, 11) is 0. The van der Waals surface area contributed by atoms with Gasteiger partial charge >= 0.3 is 0 Å². The molecular weight excluding hydrogens is 727 g/mol. The molecule has 0 N–H and O–H groups in total. The molecule has 10 rings (SSSR count). The highest BCUT2D eigenvalue weighted by Crippen LogP contribution is 2.53. The van der Waals surface area contributed by atoms with Crippen molar-refractivity contribution in [2.75, 3.05) is 9.80 Å². The minimum atomic E-state index is -0.0810. The fraction of sp³-hybridized carbons (Fsp3) is 0.429. The van der Waals surface area contributed by atoms with E-state index in [9.17, 15) is 0 Å². The van der Waals surface area contributed by atoms with Gasteiger partial charge in [0.15, 0.2) is 0 Å². The Labute approximate surface area is 360 Å². The summed E-state index contributed by atoms with van der Waals surface area (Å²) in [6, 6.07) is 36.0. The second-order valence-electron chi connectivity index (χ2n) is 23.6. The zero-order chi connectivity index (χ0) is 42.7. The minimum absolute atomic E-state index is 0.0114. The fourth-order valence-electron chi connectivity index (χ4n) is 11.3. The van der Waals surface area contributed by atoms with Crippen LogP contribution in [0.1, 0.15) is 156 Å². The highest BCUT2D eigenvalue weighted by atomic mass is 16.3. The Hall–Kier alpha value is -4.70. The van der Waals surface area contributed by atoms with Crippen LogP contribution in [-0.2, 0) is 32.5 Å². The second kappa shape index (κ2) is 12.5. The number of hydrogen-bond donors (Lipinski definition) is 0. The molecule has 60 heavy (non-hydrogen) atoms. The van der Waals surface area contributed by atoms with E-state index in [0.29, 0.717) is 0 Å². The molecule has 0 spiro atoms. The van der Waals surface area contributed by atoms with Gasteiger partial charge in [0.2, 0.25) is 0 Å². The summed E-state index contributed by atoms with van der Waals surface area (Å²) in [6.45, 7) is 33.4. The molecule has 4 aliphatic rings. The van der Waals surface area contributed by atoms with Gasteiger partial charge in [-0.15, -0.1) is 0 Å². The average molecular weight is 793 g/mol. The van der Waals surface area contributed by atoms with E-state index in [1.54, 1.807) is 0 Å². The maximum Gasteiger partial charge on any atom is 0.297 e. The normalized spacial score (nSPS) is 19.3. The summed E-state index contributed by atoms with van der Waals surface area (Å²) in [4.78, 5) is 5.16. The van der Waals surface area contributed by atoms with Crippen molar-refractivity contribution >= 4 is 68.4 Å². The van der Waals surface area contributed by atoms with Crippen LogP contribution in [0.15, 0.2) is 95.4 Å². The van der Waals surface area contributed by atoms with Crippen molar-refractivity contribution in [2.45, 2.75) is 155 Å². The second-order valence-corrected chi connectivity index (χ2v) is 23.6. The molecule has 1 aromatic heterocycles. The average Bonchev–Trinajstić information content (AvgIpc) is 3.56. The molecule has 0 atom stereocenters. The van der Waals surface area contributed by atoms with Gasteiger partial charge in [-0.3, -0.25) is 0 Å². The van der Waals surface area contributed by atoms with Gasteiger partial charge in [0.25, 0.3) is 6.71 Å². The van der Waals surface area contributed by atoms with E-state index in [1.165, 1.54) is 110 Å². The van der Waals surface area contributed by atoms with Gasteiger partial charge in [-0.1, -0.05) is 133 Å². The van der Waals surface area contributed by atoms with Gasteiger partial charge in [0, 0.05) is 33.8 Å². The van der Waals surface area contributed by atoms with E-state index < -0.39 is 0 Å². The van der Waals surface area contributed by atoms with E-state index in [-0.39, 0.29) is 39.2 Å². The Balaban J connectivity index is 1.30. The van der Waals surface area contributed by atoms with Crippen molar-refractivity contribution in [1.82, 2.24) is 0 Å². The molecule has 3 nitrogen and oxygen atoms in total. The molecule has 0 radical (unpaired) electrons. The number of rotatable bonds is 2. The van der Waals surface area contributed by atoms with Crippen molar-refractivity contribution < 1.29 is 4.42 Å². The Morgan fingerprint density at radius 1 is 0.500 bits per heavy atom. The van der Waals surface area contributed by atoms with E-state index >= 15 is 0 Å². The molecule has 3 heterocycles. The molecule has 5 aromatic carbocycles. The molecule has 4 heteroatoms. The SMILES string of the molecule is CC(C)(C)c1ccc2c(c1)B1c3oc4ccc(C(C)(C)C)cc4c3N(c3ccc4c(c3)C(C)(C)CCC4(C)C)c3cccc(c31)N2c1ccc2c(c1)C(C)(C)CCC2(C)C. The van der Waals surface area contributed by atoms with Crippen molar-refractivity contribution in [3.05, 3.63) is 124 Å². The third kappa shape index (κ3) is 5.75. The summed E-state index contributed by atoms with van der Waals surface area (Å²) in [5.41, 5.74) is 20.9. The molecular formula is C56H65BN2O. The van der Waals surface area contributed by atoms with Crippen molar-refractivity contribution in [1.29, 1.82) is 0 Å². The van der Waals surface area contributed by atoms with Gasteiger partial charge in [-0.2, -0.15) is 0 Å². The number of furan rings is 1. The van der Waals surface area contributed by atoms with E-state index in [2.05, 4.69) is 198 Å². The Morgan fingerprint density at radius 2 is 0.983 bits per heavy atom. The number of fused-ring (bicyclic) bond motifs is 8. The van der Waals surface area contributed by atoms with Crippen LogP contribution in [0, 0.1) is 0 Å². The monoisotopic (exact) mass is 793 g/mol. The Bertz CT molecular complexity index is 2760. The number of hydrogen-bond acceptors (Lipinski definition) is 3. The molecule has 308 valence electrons. The first-order valence-corrected chi connectivity index (χ1v) is 22.7. The summed E-state index contributed by atoms with van der Waals surface area (Å²) in [5.74, 6) is 0. The van der Waals surface area contributed by atoms with Crippen LogP contribution in [0.5, 0.6) is 0 Å². The van der Waals surface area contributed by atoms with Gasteiger partial charge in [-0.05, 0) is 157 Å². The molecule has 0 saturated heterocycles. The lowest BCUT2D eigenvalue weighted by atomic mass is 9.35. The first kappa shape index (κ1) is 39.4. The number of nitrogens with zero attached hydrogens (tertiary/aromatic N) is 2. The zero-order valence-electron chi connectivity index (χ0n) is 38.9. The molecule has 0 fully saturated rings. The summed E-state index contributed by atoms with van der Waals surface area (Å²) < 4.78 is 7.33. The molecule has 0 unspecified atom stereocenters. The Kier molecular flexibility index (Phi) is 8.19. The molecule has 2 aliphatic carbocycles. The topological polar surface area (TPSA) is 19.6 Å². The summed E-state index contributed by atoms with van der Waals surface area (Å²) >= 11 is 0. The maximum atomic E-state index is 7.33. The predicted octanol–water partition coefficient (Wildman–Crippen LogP) is 13.8. The zero-order valence-corrected chi connectivity index (χ0v) is 38.9. The maximum absolute atomic E-state index is 7.33. The smallest absolute Gasteiger partial charge is 0.297 e. The van der Waals surface area contributed by atoms with Crippen LogP contribution in [0.25, 0.3) is 11.0 Å². The number of anilines is 6. The first-order chi connectivity index (χ1) is 28.0. The summed E-state index contributed by atoms with van der Waals surface area (Å²) in [6.07, 6.45) is 4.75. The number of benzene rings is 5. The van der Waals surface area contributed by atoms with Crippen LogP contribution in [0.4, 0.5) is 34.1 Å². The lowest BCUT2D eigenvalue weighted by Gasteiger charge is -2.45. The van der Waals surface area contributed by atoms with E-state index in [4.69, 9.17) is 4.42 Å². The van der Waals surface area contributed by atoms with Crippen LogP contribution in [0.3, 0.4) is 0 Å². The van der Waals surface area contributed by atoms with Gasteiger partial charge < -0.3 is 14.2 Å². The third-order valence-corrected chi connectivity index (χ3v) is 15.5. The minimum Gasteiger partial charge on any atom is -0.468 e. The molecule has 0 bridgehead atoms. The lowest BCUT2D eigenvalue weighted by molar-refractivity contribution is 0.332. The van der Waals surface area contributed by atoms with Gasteiger partial charge in [0.05, 0.1) is 11.3 Å². The van der Waals surface area contributed by atoms with Crippen LogP contribution in [0.2, 0.25) is 0 Å². The molecule has 6 aromatic rings. The standard InChI is InChI=1S/C56H65BN2O/c1-51(2,3)34-19-25-47-38(30-34)49-50(60-47)57-43-31-35(52(4,5)6)18-24-44(43)58(36-20-22-39-41(32-36)55(11,12)28-26-53(39,7)8)45-16-15-17-46(48(45)57)59(49)37-21-23-40-42(33-37)56(13,14)29-27-54(40,9)10/h15-25,30-33H,26-29H2,1-14H3. The lowest BCUT2D eigenvalue weighted by Crippen LogP contribution is -2.61. The van der Waals surface area contributed by atoms with Crippen LogP contribution in [-0.4, -0.2) is 6.71 Å². The van der Waals surface area contributed by atoms with Crippen LogP contribution < -0.4 is 26.4 Å². The van der Waals surface area contributed by atoms with Crippen molar-refractivity contribution in [2.24, 2.45) is 0 Å². The fourth-order valence-corrected chi connectivity index (χ4v) is 11.3. The van der Waals surface area contributed by atoms with Crippen LogP contribution >= 0.6 is 0 Å². The van der Waals surface area contributed by atoms with Crippen molar-refractivity contribution in [3.63, 3.8) is 0 Å². The van der Waals surface area contributed by atoms with Gasteiger partial charge in [0.1, 0.15) is 5.58 Å². The first-order valence-electron chi connectivity index (χ1n) is 22.7. The molecule has 0 saturated carbocycles. The molecule has 2 aliphatic heterocycles. The van der Waals surface area contributed by atoms with E-state index in [1.807, 2.05) is 0 Å². The summed E-state index contributed by atoms with van der Waals surface area (Å²) in [5, 5.41) is 1.18. The highest BCUT2D eigenvalue weighted by Gasteiger charge is 2.48. The largest absolute Gasteiger partial charge is 0.468 e. The highest BCUT2D eigenvalue weighted by molar-refractivity contribution is 7.00. The third-order valence-electron chi connectivity index (χ3n) is 15.5. The quantitative estimate of drug-likeness (QED) is 0.163.